The first-order chi connectivity index (χ1) is 14.1. The summed E-state index contributed by atoms with van der Waals surface area (Å²) in [5.41, 5.74) is 3.77. The zero-order valence-corrected chi connectivity index (χ0v) is 17.4. The molecule has 2 amide bonds. The van der Waals surface area contributed by atoms with Crippen LogP contribution in [0.25, 0.3) is 0 Å². The maximum Gasteiger partial charge on any atom is 0.258 e. The lowest BCUT2D eigenvalue weighted by Crippen LogP contribution is -2.29. The molecule has 0 unspecified atom stereocenters. The van der Waals surface area contributed by atoms with Crippen LogP contribution in [0, 0.1) is 5.92 Å². The van der Waals surface area contributed by atoms with E-state index in [9.17, 15) is 9.59 Å². The number of nitrogens with zero attached hydrogens (tertiary/aromatic N) is 1. The third-order valence-electron chi connectivity index (χ3n) is 6.13. The van der Waals surface area contributed by atoms with E-state index in [0.717, 1.165) is 30.0 Å². The van der Waals surface area contributed by atoms with Crippen molar-refractivity contribution in [1.82, 2.24) is 5.32 Å². The van der Waals surface area contributed by atoms with Gasteiger partial charge in [0.15, 0.2) is 0 Å². The minimum Gasteiger partial charge on any atom is -0.352 e. The number of anilines is 1. The number of amides is 2. The van der Waals surface area contributed by atoms with E-state index in [2.05, 4.69) is 11.4 Å². The summed E-state index contributed by atoms with van der Waals surface area (Å²) in [5, 5.41) is 3.66. The molecule has 5 heteroatoms. The normalized spacial score (nSPS) is 16.1. The molecule has 1 aliphatic carbocycles. The van der Waals surface area contributed by atoms with E-state index in [1.54, 1.807) is 24.3 Å². The molecule has 1 aliphatic heterocycles. The second-order valence-corrected chi connectivity index (χ2v) is 8.58. The summed E-state index contributed by atoms with van der Waals surface area (Å²) in [4.78, 5) is 27.0. The molecule has 0 radical (unpaired) electrons. The van der Waals surface area contributed by atoms with Gasteiger partial charge in [-0.3, -0.25) is 9.59 Å². The van der Waals surface area contributed by atoms with Crippen LogP contribution in [0.4, 0.5) is 5.69 Å². The fraction of sp³-hybridized carbons (Fsp3) is 0.417. The first-order valence-corrected chi connectivity index (χ1v) is 10.9. The van der Waals surface area contributed by atoms with Gasteiger partial charge in [0.05, 0.1) is 0 Å². The van der Waals surface area contributed by atoms with Gasteiger partial charge in [-0.25, -0.2) is 0 Å². The topological polar surface area (TPSA) is 49.4 Å². The lowest BCUT2D eigenvalue weighted by Gasteiger charge is -2.18. The standard InChI is InChI=1S/C24H27ClN2O2/c25-21-10-8-20(9-11-21)24(29)27-14-13-19-7-5-18(15-22(19)27)16-26-23(28)12-6-17-3-1-2-4-17/h5,7-11,15,17H,1-4,6,12-14,16H2,(H,26,28). The van der Waals surface area contributed by atoms with Crippen LogP contribution in [-0.2, 0) is 17.8 Å². The Morgan fingerprint density at radius 1 is 1.07 bits per heavy atom. The first-order valence-electron chi connectivity index (χ1n) is 10.6. The molecule has 4 rings (SSSR count). The highest BCUT2D eigenvalue weighted by Gasteiger charge is 2.26. The lowest BCUT2D eigenvalue weighted by molar-refractivity contribution is -0.121. The Kier molecular flexibility index (Phi) is 6.19. The summed E-state index contributed by atoms with van der Waals surface area (Å²) < 4.78 is 0. The zero-order valence-electron chi connectivity index (χ0n) is 16.6. The maximum absolute atomic E-state index is 12.9. The van der Waals surface area contributed by atoms with Gasteiger partial charge in [-0.05, 0) is 60.2 Å². The van der Waals surface area contributed by atoms with Gasteiger partial charge >= 0.3 is 0 Å². The Labute approximate surface area is 177 Å². The maximum atomic E-state index is 12.9. The van der Waals surface area contributed by atoms with Crippen LogP contribution in [0.5, 0.6) is 0 Å². The predicted molar refractivity (Wildman–Crippen MR) is 116 cm³/mol. The molecule has 152 valence electrons. The second kappa shape index (κ2) is 9.00. The average molecular weight is 411 g/mol. The average Bonchev–Trinajstić information content (AvgIpc) is 3.40. The van der Waals surface area contributed by atoms with E-state index in [4.69, 9.17) is 11.6 Å². The van der Waals surface area contributed by atoms with E-state index in [-0.39, 0.29) is 11.8 Å². The minimum absolute atomic E-state index is 0.0156. The zero-order chi connectivity index (χ0) is 20.2. The molecule has 1 heterocycles. The van der Waals surface area contributed by atoms with Gasteiger partial charge in [0, 0.05) is 35.8 Å². The summed E-state index contributed by atoms with van der Waals surface area (Å²) in [6.07, 6.45) is 7.63. The quantitative estimate of drug-likeness (QED) is 0.717. The molecule has 0 saturated heterocycles. The molecule has 2 aromatic rings. The van der Waals surface area contributed by atoms with E-state index < -0.39 is 0 Å². The van der Waals surface area contributed by atoms with Crippen molar-refractivity contribution in [2.75, 3.05) is 11.4 Å². The first kappa shape index (κ1) is 20.0. The van der Waals surface area contributed by atoms with Crippen LogP contribution < -0.4 is 10.2 Å². The number of carbonyl (C=O) groups is 2. The van der Waals surface area contributed by atoms with Gasteiger partial charge in [0.25, 0.3) is 5.91 Å². The predicted octanol–water partition coefficient (Wildman–Crippen LogP) is 5.13. The third kappa shape index (κ3) is 4.81. The van der Waals surface area contributed by atoms with Crippen LogP contribution >= 0.6 is 11.6 Å². The number of hydrogen-bond acceptors (Lipinski definition) is 2. The number of benzene rings is 2. The SMILES string of the molecule is O=C(CCC1CCCC1)NCc1ccc2c(c1)N(C(=O)c1ccc(Cl)cc1)CC2. The van der Waals surface area contributed by atoms with Crippen LogP contribution in [0.1, 0.15) is 60.0 Å². The number of halogens is 1. The number of hydrogen-bond donors (Lipinski definition) is 1. The monoisotopic (exact) mass is 410 g/mol. The molecule has 2 aromatic carbocycles. The van der Waals surface area contributed by atoms with E-state index in [1.165, 1.54) is 31.2 Å². The van der Waals surface area contributed by atoms with Crippen LogP contribution in [0.2, 0.25) is 5.02 Å². The van der Waals surface area contributed by atoms with Crippen LogP contribution in [0.3, 0.4) is 0 Å². The summed E-state index contributed by atoms with van der Waals surface area (Å²) in [7, 11) is 0. The van der Waals surface area contributed by atoms with Gasteiger partial charge in [0.1, 0.15) is 0 Å². The van der Waals surface area contributed by atoms with Crippen molar-refractivity contribution in [2.45, 2.75) is 51.5 Å². The van der Waals surface area contributed by atoms with Crippen molar-refractivity contribution in [3.05, 3.63) is 64.2 Å². The number of rotatable bonds is 6. The van der Waals surface area contributed by atoms with Gasteiger partial charge in [0.2, 0.25) is 5.91 Å². The largest absolute Gasteiger partial charge is 0.352 e. The van der Waals surface area contributed by atoms with Crippen molar-refractivity contribution >= 4 is 29.1 Å². The second-order valence-electron chi connectivity index (χ2n) is 8.14. The Morgan fingerprint density at radius 3 is 2.59 bits per heavy atom. The summed E-state index contributed by atoms with van der Waals surface area (Å²) >= 11 is 5.94. The molecule has 29 heavy (non-hydrogen) atoms. The molecule has 1 N–H and O–H groups in total. The Morgan fingerprint density at radius 2 is 1.83 bits per heavy atom. The summed E-state index contributed by atoms with van der Waals surface area (Å²) in [5.74, 6) is 0.831. The van der Waals surface area contributed by atoms with Crippen molar-refractivity contribution in [3.63, 3.8) is 0 Å². The fourth-order valence-corrected chi connectivity index (χ4v) is 4.54. The lowest BCUT2D eigenvalue weighted by atomic mass is 10.0. The Hall–Kier alpha value is -2.33. The molecule has 0 aromatic heterocycles. The van der Waals surface area contributed by atoms with Crippen molar-refractivity contribution < 1.29 is 9.59 Å². The third-order valence-corrected chi connectivity index (χ3v) is 6.38. The van der Waals surface area contributed by atoms with Gasteiger partial charge in [-0.2, -0.15) is 0 Å². The van der Waals surface area contributed by atoms with Crippen molar-refractivity contribution in [2.24, 2.45) is 5.92 Å². The Bertz CT molecular complexity index is 888. The molecule has 4 nitrogen and oxygen atoms in total. The molecule has 1 fully saturated rings. The van der Waals surface area contributed by atoms with Crippen molar-refractivity contribution in [1.29, 1.82) is 0 Å². The Balaban J connectivity index is 1.37. The summed E-state index contributed by atoms with van der Waals surface area (Å²) in [6, 6.07) is 13.2. The van der Waals surface area contributed by atoms with Gasteiger partial charge in [-0.15, -0.1) is 0 Å². The molecule has 0 atom stereocenters. The molecular weight excluding hydrogens is 384 g/mol. The number of carbonyl (C=O) groups excluding carboxylic acids is 2. The van der Waals surface area contributed by atoms with E-state index in [1.807, 2.05) is 17.0 Å². The minimum atomic E-state index is -0.0156. The number of fused-ring (bicyclic) bond motifs is 1. The smallest absolute Gasteiger partial charge is 0.258 e. The number of nitrogens with one attached hydrogen (secondary N) is 1. The highest BCUT2D eigenvalue weighted by molar-refractivity contribution is 6.30. The highest BCUT2D eigenvalue weighted by Crippen LogP contribution is 2.31. The van der Waals surface area contributed by atoms with E-state index in [0.29, 0.717) is 30.1 Å². The molecule has 2 aliphatic rings. The van der Waals surface area contributed by atoms with Gasteiger partial charge < -0.3 is 10.2 Å². The molecule has 0 spiro atoms. The van der Waals surface area contributed by atoms with Crippen molar-refractivity contribution in [3.8, 4) is 0 Å². The van der Waals surface area contributed by atoms with Gasteiger partial charge in [-0.1, -0.05) is 49.4 Å². The molecular formula is C24H27ClN2O2. The van der Waals surface area contributed by atoms with Crippen LogP contribution in [-0.4, -0.2) is 18.4 Å². The van der Waals surface area contributed by atoms with Crippen LogP contribution in [0.15, 0.2) is 42.5 Å². The highest BCUT2D eigenvalue weighted by atomic mass is 35.5. The molecule has 0 bridgehead atoms. The van der Waals surface area contributed by atoms with E-state index >= 15 is 0 Å². The molecule has 1 saturated carbocycles. The fourth-order valence-electron chi connectivity index (χ4n) is 4.42. The summed E-state index contributed by atoms with van der Waals surface area (Å²) in [6.45, 7) is 1.17.